The lowest BCUT2D eigenvalue weighted by atomic mass is 10.0. The predicted octanol–water partition coefficient (Wildman–Crippen LogP) is 4.21. The zero-order chi connectivity index (χ0) is 17.6. The van der Waals surface area contributed by atoms with Crippen LogP contribution in [0.15, 0.2) is 30.5 Å². The van der Waals surface area contributed by atoms with Crippen molar-refractivity contribution in [3.63, 3.8) is 0 Å². The summed E-state index contributed by atoms with van der Waals surface area (Å²) in [5.41, 5.74) is 1.64. The zero-order valence-electron chi connectivity index (χ0n) is 14.8. The summed E-state index contributed by atoms with van der Waals surface area (Å²) in [5.74, 6) is 0. The van der Waals surface area contributed by atoms with Crippen molar-refractivity contribution in [3.8, 4) is 0 Å². The van der Waals surface area contributed by atoms with E-state index in [2.05, 4.69) is 22.1 Å². The van der Waals surface area contributed by atoms with E-state index in [1.807, 2.05) is 0 Å². The zero-order valence-corrected chi connectivity index (χ0v) is 14.8. The Bertz CT molecular complexity index is 734. The fourth-order valence-corrected chi connectivity index (χ4v) is 3.61. The number of piperidine rings is 1. The van der Waals surface area contributed by atoms with E-state index in [4.69, 9.17) is 0 Å². The number of hydrogen-bond donors (Lipinski definition) is 1. The smallest absolute Gasteiger partial charge is 0.278 e. The molecule has 6 heteroatoms. The molecule has 1 aliphatic rings. The molecular formula is C19H26N4O2. The monoisotopic (exact) mass is 342 g/mol. The van der Waals surface area contributed by atoms with Gasteiger partial charge in [-0.15, -0.1) is 0 Å². The number of nitro benzene ring substituents is 1. The molecule has 1 aromatic heterocycles. The highest BCUT2D eigenvalue weighted by Crippen LogP contribution is 2.29. The van der Waals surface area contributed by atoms with E-state index >= 15 is 0 Å². The molecule has 0 bridgehead atoms. The van der Waals surface area contributed by atoms with E-state index < -0.39 is 0 Å². The van der Waals surface area contributed by atoms with Crippen LogP contribution in [0.2, 0.25) is 0 Å². The van der Waals surface area contributed by atoms with Crippen LogP contribution >= 0.6 is 0 Å². The molecule has 1 aromatic carbocycles. The maximum absolute atomic E-state index is 11.2. The highest BCUT2D eigenvalue weighted by atomic mass is 16.6. The van der Waals surface area contributed by atoms with E-state index in [0.717, 1.165) is 31.6 Å². The molecule has 0 saturated carbocycles. The number of unbranched alkanes of at least 4 members (excludes halogenated alkanes) is 1. The van der Waals surface area contributed by atoms with E-state index in [9.17, 15) is 10.1 Å². The predicted molar refractivity (Wildman–Crippen MR) is 101 cm³/mol. The van der Waals surface area contributed by atoms with Gasteiger partial charge in [-0.3, -0.25) is 15.1 Å². The van der Waals surface area contributed by atoms with Crippen LogP contribution in [0.3, 0.4) is 0 Å². The average molecular weight is 342 g/mol. The van der Waals surface area contributed by atoms with Crippen molar-refractivity contribution < 1.29 is 4.92 Å². The molecule has 1 atom stereocenters. The molecule has 0 radical (unpaired) electrons. The molecule has 1 saturated heterocycles. The van der Waals surface area contributed by atoms with Crippen LogP contribution in [0.1, 0.15) is 39.0 Å². The summed E-state index contributed by atoms with van der Waals surface area (Å²) in [7, 11) is 0. The van der Waals surface area contributed by atoms with E-state index in [1.54, 1.807) is 30.5 Å². The molecule has 0 amide bonds. The number of nitro groups is 1. The lowest BCUT2D eigenvalue weighted by Crippen LogP contribution is -2.38. The largest absolute Gasteiger partial charge is 0.383 e. The number of non-ortho nitro benzene ring substituents is 1. The second-order valence-electron chi connectivity index (χ2n) is 6.80. The molecule has 1 aliphatic heterocycles. The van der Waals surface area contributed by atoms with E-state index in [1.165, 1.54) is 25.8 Å². The number of aromatic nitrogens is 1. The Morgan fingerprint density at radius 1 is 1.32 bits per heavy atom. The van der Waals surface area contributed by atoms with Gasteiger partial charge in [-0.1, -0.05) is 6.42 Å². The van der Waals surface area contributed by atoms with Gasteiger partial charge in [-0.05, 0) is 63.9 Å². The van der Waals surface area contributed by atoms with Gasteiger partial charge in [0.25, 0.3) is 5.69 Å². The number of nitrogens with one attached hydrogen (secondary N) is 1. The van der Waals surface area contributed by atoms with Crippen LogP contribution in [0, 0.1) is 10.1 Å². The fourth-order valence-electron chi connectivity index (χ4n) is 3.61. The lowest BCUT2D eigenvalue weighted by Gasteiger charge is -2.33. The van der Waals surface area contributed by atoms with Crippen molar-refractivity contribution in [2.24, 2.45) is 0 Å². The number of benzene rings is 1. The van der Waals surface area contributed by atoms with Gasteiger partial charge in [0.05, 0.1) is 16.0 Å². The van der Waals surface area contributed by atoms with Crippen LogP contribution in [-0.4, -0.2) is 40.5 Å². The molecule has 0 spiro atoms. The summed E-state index contributed by atoms with van der Waals surface area (Å²) in [6, 6.07) is 7.52. The van der Waals surface area contributed by atoms with Crippen LogP contribution in [0.5, 0.6) is 0 Å². The third-order valence-electron chi connectivity index (χ3n) is 5.07. The standard InChI is InChI=1S/C19H26N4O2/c1-15-7-2-4-13-22(15)14-5-3-11-20-17-9-10-18(23(24)25)16-8-6-12-21-19(16)17/h6,8-10,12,15,20H,2-5,7,11,13-14H2,1H3/t15-/m0/s1. The molecular weight excluding hydrogens is 316 g/mol. The van der Waals surface area contributed by atoms with Crippen LogP contribution in [-0.2, 0) is 0 Å². The summed E-state index contributed by atoms with van der Waals surface area (Å²) >= 11 is 0. The maximum atomic E-state index is 11.2. The van der Waals surface area contributed by atoms with Gasteiger partial charge in [-0.25, -0.2) is 0 Å². The maximum Gasteiger partial charge on any atom is 0.278 e. The Balaban J connectivity index is 1.55. The van der Waals surface area contributed by atoms with Crippen molar-refractivity contribution in [1.82, 2.24) is 9.88 Å². The summed E-state index contributed by atoms with van der Waals surface area (Å²) in [6.07, 6.45) is 7.92. The van der Waals surface area contributed by atoms with Gasteiger partial charge in [0.15, 0.2) is 0 Å². The van der Waals surface area contributed by atoms with Gasteiger partial charge < -0.3 is 10.2 Å². The van der Waals surface area contributed by atoms with Crippen LogP contribution in [0.4, 0.5) is 11.4 Å². The molecule has 0 aliphatic carbocycles. The number of pyridine rings is 1. The Kier molecular flexibility index (Phi) is 5.81. The third-order valence-corrected chi connectivity index (χ3v) is 5.07. The first-order valence-electron chi connectivity index (χ1n) is 9.17. The van der Waals surface area contributed by atoms with Gasteiger partial charge >= 0.3 is 0 Å². The molecule has 3 rings (SSSR count). The first kappa shape index (κ1) is 17.6. The normalized spacial score (nSPS) is 18.4. The highest BCUT2D eigenvalue weighted by Gasteiger charge is 2.17. The minimum absolute atomic E-state index is 0.104. The van der Waals surface area contributed by atoms with Crippen molar-refractivity contribution >= 4 is 22.3 Å². The summed E-state index contributed by atoms with van der Waals surface area (Å²) in [6.45, 7) is 5.56. The number of hydrogen-bond acceptors (Lipinski definition) is 5. The Labute approximate surface area is 148 Å². The highest BCUT2D eigenvalue weighted by molar-refractivity contribution is 5.96. The number of rotatable bonds is 7. The number of anilines is 1. The first-order chi connectivity index (χ1) is 12.2. The van der Waals surface area contributed by atoms with E-state index in [0.29, 0.717) is 16.9 Å². The molecule has 134 valence electrons. The number of fused-ring (bicyclic) bond motifs is 1. The molecule has 25 heavy (non-hydrogen) atoms. The van der Waals surface area contributed by atoms with Crippen molar-refractivity contribution in [1.29, 1.82) is 0 Å². The topological polar surface area (TPSA) is 71.3 Å². The molecule has 2 aromatic rings. The van der Waals surface area contributed by atoms with Gasteiger partial charge in [-0.2, -0.15) is 0 Å². The molecule has 1 fully saturated rings. The minimum atomic E-state index is -0.354. The first-order valence-corrected chi connectivity index (χ1v) is 9.17. The second kappa shape index (κ2) is 8.25. The van der Waals surface area contributed by atoms with E-state index in [-0.39, 0.29) is 10.6 Å². The van der Waals surface area contributed by atoms with Crippen molar-refractivity contribution in [3.05, 3.63) is 40.6 Å². The third kappa shape index (κ3) is 4.25. The minimum Gasteiger partial charge on any atom is -0.383 e. The van der Waals surface area contributed by atoms with Gasteiger partial charge in [0.1, 0.15) is 5.52 Å². The molecule has 2 heterocycles. The molecule has 6 nitrogen and oxygen atoms in total. The Morgan fingerprint density at radius 2 is 2.20 bits per heavy atom. The average Bonchev–Trinajstić information content (AvgIpc) is 2.62. The second-order valence-corrected chi connectivity index (χ2v) is 6.80. The Hall–Kier alpha value is -2.21. The van der Waals surface area contributed by atoms with Gasteiger partial charge in [0, 0.05) is 24.8 Å². The summed E-state index contributed by atoms with van der Waals surface area (Å²) in [4.78, 5) is 17.7. The summed E-state index contributed by atoms with van der Waals surface area (Å²) < 4.78 is 0. The van der Waals surface area contributed by atoms with Crippen molar-refractivity contribution in [2.45, 2.75) is 45.1 Å². The lowest BCUT2D eigenvalue weighted by molar-refractivity contribution is -0.383. The molecule has 1 N–H and O–H groups in total. The summed E-state index contributed by atoms with van der Waals surface area (Å²) in [5, 5.41) is 15.1. The SMILES string of the molecule is C[C@H]1CCCCN1CCCCNc1ccc([N+](=O)[O-])c2cccnc12. The quantitative estimate of drug-likeness (QED) is 0.464. The van der Waals surface area contributed by atoms with Crippen LogP contribution in [0.25, 0.3) is 10.9 Å². The molecule has 0 unspecified atom stereocenters. The van der Waals surface area contributed by atoms with Crippen LogP contribution < -0.4 is 5.32 Å². The van der Waals surface area contributed by atoms with Gasteiger partial charge in [0.2, 0.25) is 0 Å². The Morgan fingerprint density at radius 3 is 3.00 bits per heavy atom. The van der Waals surface area contributed by atoms with Crippen molar-refractivity contribution in [2.75, 3.05) is 25.0 Å². The fraction of sp³-hybridized carbons (Fsp3) is 0.526. The number of likely N-dealkylation sites (tertiary alicyclic amines) is 1. The number of nitrogens with zero attached hydrogens (tertiary/aromatic N) is 3.